The number of hydrogen-bond acceptors (Lipinski definition) is 3. The number of halogens is 3. The molecule has 0 radical (unpaired) electrons. The second-order valence-electron chi connectivity index (χ2n) is 4.31. The van der Waals surface area contributed by atoms with Crippen LogP contribution in [0.3, 0.4) is 0 Å². The van der Waals surface area contributed by atoms with Crippen LogP contribution in [0.5, 0.6) is 0 Å². The topological polar surface area (TPSA) is 63.1 Å². The molecule has 0 saturated heterocycles. The van der Waals surface area contributed by atoms with Crippen molar-refractivity contribution in [3.63, 3.8) is 0 Å². The summed E-state index contributed by atoms with van der Waals surface area (Å²) in [7, 11) is 0. The van der Waals surface area contributed by atoms with Gasteiger partial charge in [-0.2, -0.15) is 0 Å². The summed E-state index contributed by atoms with van der Waals surface area (Å²) in [6.45, 7) is 0. The van der Waals surface area contributed by atoms with Crippen LogP contribution in [-0.2, 0) is 0 Å². The molecule has 0 fully saturated rings. The summed E-state index contributed by atoms with van der Waals surface area (Å²) in [6.07, 6.45) is 0. The normalized spacial score (nSPS) is 11.0. The maximum atomic E-state index is 13.1. The van der Waals surface area contributed by atoms with Crippen LogP contribution in [-0.4, -0.2) is 10.8 Å². The summed E-state index contributed by atoms with van der Waals surface area (Å²) in [5.74, 6) is -5.95. The van der Waals surface area contributed by atoms with Gasteiger partial charge in [-0.15, -0.1) is 0 Å². The van der Waals surface area contributed by atoms with Gasteiger partial charge in [0.2, 0.25) is 0 Å². The van der Waals surface area contributed by atoms with Gasteiger partial charge < -0.3 is 4.42 Å². The fourth-order valence-corrected chi connectivity index (χ4v) is 1.94. The maximum absolute atomic E-state index is 13.1. The van der Waals surface area contributed by atoms with Crippen molar-refractivity contribution in [2.75, 3.05) is 0 Å². The average Bonchev–Trinajstić information content (AvgIpc) is 2.82. The molecule has 0 aliphatic rings. The number of oxazole rings is 1. The highest BCUT2D eigenvalue weighted by molar-refractivity contribution is 6.10. The van der Waals surface area contributed by atoms with E-state index in [-0.39, 0.29) is 16.7 Å². The molecule has 0 aliphatic heterocycles. The van der Waals surface area contributed by atoms with Crippen molar-refractivity contribution in [3.8, 4) is 0 Å². The smallest absolute Gasteiger partial charge is 0.408 e. The van der Waals surface area contributed by atoms with Crippen LogP contribution in [0.15, 0.2) is 39.5 Å². The number of hydrogen-bond donors (Lipinski definition) is 1. The first kappa shape index (κ1) is 13.2. The maximum Gasteiger partial charge on any atom is 0.417 e. The zero-order valence-corrected chi connectivity index (χ0v) is 10.2. The molecule has 3 aromatic rings. The predicted molar refractivity (Wildman–Crippen MR) is 66.6 cm³/mol. The van der Waals surface area contributed by atoms with Gasteiger partial charge >= 0.3 is 5.76 Å². The number of nitrogens with one attached hydrogen (secondary N) is 1. The van der Waals surface area contributed by atoms with E-state index in [2.05, 4.69) is 4.98 Å². The molecule has 106 valence electrons. The van der Waals surface area contributed by atoms with E-state index in [1.54, 1.807) is 0 Å². The van der Waals surface area contributed by atoms with Gasteiger partial charge in [0.15, 0.2) is 28.8 Å². The minimum absolute atomic E-state index is 0.0515. The van der Waals surface area contributed by atoms with Crippen molar-refractivity contribution in [2.45, 2.75) is 0 Å². The van der Waals surface area contributed by atoms with E-state index in [0.29, 0.717) is 17.6 Å². The molecular weight excluding hydrogens is 287 g/mol. The third kappa shape index (κ3) is 2.22. The Morgan fingerprint density at radius 1 is 1.00 bits per heavy atom. The Morgan fingerprint density at radius 3 is 2.33 bits per heavy atom. The van der Waals surface area contributed by atoms with Gasteiger partial charge in [-0.3, -0.25) is 9.78 Å². The molecule has 0 amide bonds. The van der Waals surface area contributed by atoms with Crippen LogP contribution in [0.4, 0.5) is 13.2 Å². The lowest BCUT2D eigenvalue weighted by atomic mass is 10.0. The van der Waals surface area contributed by atoms with Crippen LogP contribution < -0.4 is 5.76 Å². The first-order chi connectivity index (χ1) is 9.95. The molecule has 0 bridgehead atoms. The van der Waals surface area contributed by atoms with Crippen molar-refractivity contribution < 1.29 is 22.4 Å². The van der Waals surface area contributed by atoms with Crippen LogP contribution in [0.25, 0.3) is 11.1 Å². The van der Waals surface area contributed by atoms with E-state index in [4.69, 9.17) is 4.42 Å². The lowest BCUT2D eigenvalue weighted by Crippen LogP contribution is -2.04. The SMILES string of the molecule is O=C(c1cc(F)c(F)c(F)c1)c1ccc2[nH]c(=O)oc2c1. The highest BCUT2D eigenvalue weighted by Crippen LogP contribution is 2.19. The number of ketones is 1. The van der Waals surface area contributed by atoms with E-state index in [9.17, 15) is 22.8 Å². The predicted octanol–water partition coefficient (Wildman–Crippen LogP) is 2.77. The number of carbonyl (C=O) groups is 1. The van der Waals surface area contributed by atoms with Crippen LogP contribution in [0.1, 0.15) is 15.9 Å². The lowest BCUT2D eigenvalue weighted by Gasteiger charge is -2.03. The van der Waals surface area contributed by atoms with Crippen molar-refractivity contribution >= 4 is 16.9 Å². The number of fused-ring (bicyclic) bond motifs is 1. The van der Waals surface area contributed by atoms with E-state index >= 15 is 0 Å². The second-order valence-corrected chi connectivity index (χ2v) is 4.31. The molecule has 3 rings (SSSR count). The van der Waals surface area contributed by atoms with Gasteiger partial charge in [0, 0.05) is 11.1 Å². The number of aromatic nitrogens is 1. The minimum Gasteiger partial charge on any atom is -0.408 e. The van der Waals surface area contributed by atoms with Gasteiger partial charge in [0.25, 0.3) is 0 Å². The molecule has 1 N–H and O–H groups in total. The Hall–Kier alpha value is -2.83. The molecule has 21 heavy (non-hydrogen) atoms. The summed E-state index contributed by atoms with van der Waals surface area (Å²) in [5, 5.41) is 0. The monoisotopic (exact) mass is 293 g/mol. The Labute approximate surface area is 114 Å². The molecular formula is C14H6F3NO3. The van der Waals surface area contributed by atoms with Gasteiger partial charge in [-0.05, 0) is 30.3 Å². The van der Waals surface area contributed by atoms with Crippen LogP contribution in [0, 0.1) is 17.5 Å². The van der Waals surface area contributed by atoms with E-state index < -0.39 is 29.0 Å². The number of rotatable bonds is 2. The largest absolute Gasteiger partial charge is 0.417 e. The standard InChI is InChI=1S/C14H6F3NO3/c15-8-3-7(4-9(16)12(8)17)13(19)6-1-2-10-11(5-6)21-14(20)18-10/h1-5H,(H,18,20). The summed E-state index contributed by atoms with van der Waals surface area (Å²) >= 11 is 0. The molecule has 7 heteroatoms. The van der Waals surface area contributed by atoms with Crippen molar-refractivity contribution in [2.24, 2.45) is 0 Å². The van der Waals surface area contributed by atoms with Gasteiger partial charge in [-0.1, -0.05) is 0 Å². The van der Waals surface area contributed by atoms with Crippen molar-refractivity contribution in [1.29, 1.82) is 0 Å². The Kier molecular flexibility index (Phi) is 2.90. The summed E-state index contributed by atoms with van der Waals surface area (Å²) in [6, 6.07) is 5.25. The highest BCUT2D eigenvalue weighted by Gasteiger charge is 2.17. The lowest BCUT2D eigenvalue weighted by molar-refractivity contribution is 0.103. The van der Waals surface area contributed by atoms with Crippen molar-refractivity contribution in [3.05, 3.63) is 69.5 Å². The summed E-state index contributed by atoms with van der Waals surface area (Å²) < 4.78 is 43.9. The van der Waals surface area contributed by atoms with Gasteiger partial charge in [0.1, 0.15) is 0 Å². The van der Waals surface area contributed by atoms with Gasteiger partial charge in [0.05, 0.1) is 5.52 Å². The Balaban J connectivity index is 2.09. The molecule has 1 aromatic heterocycles. The first-order valence-electron chi connectivity index (χ1n) is 5.78. The molecule has 0 spiro atoms. The molecule has 2 aromatic carbocycles. The number of benzene rings is 2. The molecule has 0 aliphatic carbocycles. The number of carbonyl (C=O) groups excluding carboxylic acids is 1. The van der Waals surface area contributed by atoms with Crippen LogP contribution in [0.2, 0.25) is 0 Å². The zero-order chi connectivity index (χ0) is 15.1. The molecule has 1 heterocycles. The van der Waals surface area contributed by atoms with E-state index in [1.807, 2.05) is 0 Å². The zero-order valence-electron chi connectivity index (χ0n) is 10.2. The van der Waals surface area contributed by atoms with E-state index in [0.717, 1.165) is 0 Å². The number of aromatic amines is 1. The molecule has 0 atom stereocenters. The molecule has 0 unspecified atom stereocenters. The first-order valence-corrected chi connectivity index (χ1v) is 5.78. The third-order valence-electron chi connectivity index (χ3n) is 2.93. The van der Waals surface area contributed by atoms with E-state index in [1.165, 1.54) is 18.2 Å². The van der Waals surface area contributed by atoms with Crippen molar-refractivity contribution in [1.82, 2.24) is 4.98 Å². The summed E-state index contributed by atoms with van der Waals surface area (Å²) in [5.41, 5.74) is 0.223. The third-order valence-corrected chi connectivity index (χ3v) is 2.93. The number of H-pyrrole nitrogens is 1. The second kappa shape index (κ2) is 4.62. The quantitative estimate of drug-likeness (QED) is 0.583. The fraction of sp³-hybridized carbons (Fsp3) is 0. The van der Waals surface area contributed by atoms with Gasteiger partial charge in [-0.25, -0.2) is 18.0 Å². The Bertz CT molecular complexity index is 904. The summed E-state index contributed by atoms with van der Waals surface area (Å²) in [4.78, 5) is 25.5. The minimum atomic E-state index is -1.64. The Morgan fingerprint density at radius 2 is 1.67 bits per heavy atom. The molecule has 0 saturated carbocycles. The highest BCUT2D eigenvalue weighted by atomic mass is 19.2. The molecule has 4 nitrogen and oxygen atoms in total. The fourth-order valence-electron chi connectivity index (χ4n) is 1.94. The van der Waals surface area contributed by atoms with Crippen LogP contribution >= 0.6 is 0 Å². The average molecular weight is 293 g/mol.